The predicted octanol–water partition coefficient (Wildman–Crippen LogP) is 3.11. The summed E-state index contributed by atoms with van der Waals surface area (Å²) < 4.78 is 0. The smallest absolute Gasteiger partial charge is 0.339 e. The Bertz CT molecular complexity index is 655. The van der Waals surface area contributed by atoms with Crippen molar-refractivity contribution in [3.05, 3.63) is 61.3 Å². The van der Waals surface area contributed by atoms with Gasteiger partial charge in [0.1, 0.15) is 5.56 Å². The Morgan fingerprint density at radius 1 is 1.25 bits per heavy atom. The number of aromatic carboxylic acids is 1. The molecule has 0 aliphatic heterocycles. The molecule has 2 aromatic rings. The van der Waals surface area contributed by atoms with Gasteiger partial charge in [-0.3, -0.25) is 4.98 Å². The van der Waals surface area contributed by atoms with E-state index >= 15 is 0 Å². The average molecular weight is 268 g/mol. The zero-order valence-electron chi connectivity index (χ0n) is 11.1. The van der Waals surface area contributed by atoms with Crippen LogP contribution in [0.4, 0.5) is 5.69 Å². The summed E-state index contributed by atoms with van der Waals surface area (Å²) in [5.74, 6) is -0.989. The lowest BCUT2D eigenvalue weighted by Crippen LogP contribution is -2.25. The summed E-state index contributed by atoms with van der Waals surface area (Å²) in [4.78, 5) is 17.6. The first-order chi connectivity index (χ1) is 9.69. The Balaban J connectivity index is 2.73. The van der Waals surface area contributed by atoms with Crippen LogP contribution in [0.1, 0.15) is 10.4 Å². The van der Waals surface area contributed by atoms with Crippen LogP contribution in [0.25, 0.3) is 10.9 Å². The fourth-order valence-electron chi connectivity index (χ4n) is 2.19. The molecule has 0 spiro atoms. The van der Waals surface area contributed by atoms with Crippen molar-refractivity contribution >= 4 is 22.6 Å². The third-order valence-electron chi connectivity index (χ3n) is 2.99. The van der Waals surface area contributed by atoms with Crippen LogP contribution in [0.15, 0.2) is 55.8 Å². The van der Waals surface area contributed by atoms with E-state index in [1.165, 1.54) is 6.20 Å². The van der Waals surface area contributed by atoms with E-state index in [9.17, 15) is 9.90 Å². The van der Waals surface area contributed by atoms with Crippen LogP contribution in [-0.4, -0.2) is 29.1 Å². The number of hydrogen-bond acceptors (Lipinski definition) is 3. The van der Waals surface area contributed by atoms with Crippen molar-refractivity contribution in [1.82, 2.24) is 4.98 Å². The zero-order valence-corrected chi connectivity index (χ0v) is 11.1. The lowest BCUT2D eigenvalue weighted by molar-refractivity contribution is 0.0697. The molecule has 0 aliphatic carbocycles. The minimum Gasteiger partial charge on any atom is -0.478 e. The van der Waals surface area contributed by atoms with Crippen LogP contribution in [0, 0.1) is 0 Å². The minimum absolute atomic E-state index is 0.187. The quantitative estimate of drug-likeness (QED) is 0.818. The molecule has 1 N–H and O–H groups in total. The van der Waals surface area contributed by atoms with Gasteiger partial charge in [-0.15, -0.1) is 13.2 Å². The van der Waals surface area contributed by atoms with Gasteiger partial charge < -0.3 is 10.0 Å². The Morgan fingerprint density at radius 2 is 1.90 bits per heavy atom. The first-order valence-electron chi connectivity index (χ1n) is 6.26. The molecule has 0 unspecified atom stereocenters. The second-order valence-electron chi connectivity index (χ2n) is 4.33. The van der Waals surface area contributed by atoms with Gasteiger partial charge >= 0.3 is 5.97 Å². The highest BCUT2D eigenvalue weighted by molar-refractivity contribution is 6.04. The van der Waals surface area contributed by atoms with Gasteiger partial charge in [0.05, 0.1) is 11.2 Å². The number of carboxylic acids is 1. The highest BCUT2D eigenvalue weighted by atomic mass is 16.4. The number of aromatic nitrogens is 1. The molecule has 0 saturated carbocycles. The summed E-state index contributed by atoms with van der Waals surface area (Å²) in [5, 5.41) is 10.2. The number of hydrogen-bond donors (Lipinski definition) is 1. The third kappa shape index (κ3) is 2.54. The summed E-state index contributed by atoms with van der Waals surface area (Å²) in [6, 6.07) is 7.50. The maximum Gasteiger partial charge on any atom is 0.339 e. The summed E-state index contributed by atoms with van der Waals surface area (Å²) >= 11 is 0. The van der Waals surface area contributed by atoms with Crippen molar-refractivity contribution in [2.24, 2.45) is 0 Å². The van der Waals surface area contributed by atoms with Gasteiger partial charge in [-0.1, -0.05) is 30.4 Å². The van der Waals surface area contributed by atoms with Gasteiger partial charge in [-0.2, -0.15) is 0 Å². The molecule has 0 saturated heterocycles. The molecule has 1 aromatic heterocycles. The van der Waals surface area contributed by atoms with Crippen LogP contribution in [0.2, 0.25) is 0 Å². The van der Waals surface area contributed by atoms with Crippen LogP contribution < -0.4 is 4.90 Å². The molecule has 1 heterocycles. The van der Waals surface area contributed by atoms with E-state index in [1.807, 2.05) is 29.2 Å². The number of carbonyl (C=O) groups is 1. The van der Waals surface area contributed by atoms with Gasteiger partial charge in [-0.25, -0.2) is 4.79 Å². The van der Waals surface area contributed by atoms with Crippen molar-refractivity contribution in [1.29, 1.82) is 0 Å². The normalized spacial score (nSPS) is 10.2. The fraction of sp³-hybridized carbons (Fsp3) is 0.125. The van der Waals surface area contributed by atoms with E-state index < -0.39 is 5.97 Å². The van der Waals surface area contributed by atoms with Gasteiger partial charge in [0, 0.05) is 24.7 Å². The summed E-state index contributed by atoms with van der Waals surface area (Å²) in [6.45, 7) is 8.53. The second kappa shape index (κ2) is 6.02. The third-order valence-corrected chi connectivity index (χ3v) is 2.99. The standard InChI is InChI=1S/C16H16N2O2/c1-3-9-18(10-4-2)15-12-7-5-6-8-14(12)17-11-13(15)16(19)20/h3-8,11H,1-2,9-10H2,(H,19,20). The Hall–Kier alpha value is -2.62. The Morgan fingerprint density at radius 3 is 2.50 bits per heavy atom. The molecule has 0 bridgehead atoms. The average Bonchev–Trinajstić information content (AvgIpc) is 2.45. The van der Waals surface area contributed by atoms with Crippen LogP contribution in [0.3, 0.4) is 0 Å². The molecule has 4 heteroatoms. The second-order valence-corrected chi connectivity index (χ2v) is 4.33. The molecule has 0 radical (unpaired) electrons. The number of pyridine rings is 1. The van der Waals surface area contributed by atoms with Gasteiger partial charge in [0.15, 0.2) is 0 Å². The minimum atomic E-state index is -0.989. The molecular formula is C16H16N2O2. The van der Waals surface area contributed by atoms with Crippen LogP contribution >= 0.6 is 0 Å². The monoisotopic (exact) mass is 268 g/mol. The van der Waals surface area contributed by atoms with E-state index in [2.05, 4.69) is 18.1 Å². The van der Waals surface area contributed by atoms with E-state index in [4.69, 9.17) is 0 Å². The van der Waals surface area contributed by atoms with E-state index in [0.717, 1.165) is 10.9 Å². The van der Waals surface area contributed by atoms with E-state index in [1.54, 1.807) is 12.2 Å². The molecule has 102 valence electrons. The van der Waals surface area contributed by atoms with Crippen molar-refractivity contribution in [2.45, 2.75) is 0 Å². The van der Waals surface area contributed by atoms with Crippen LogP contribution in [-0.2, 0) is 0 Å². The molecule has 0 aliphatic rings. The molecule has 0 fully saturated rings. The molecule has 20 heavy (non-hydrogen) atoms. The summed E-state index contributed by atoms with van der Waals surface area (Å²) in [7, 11) is 0. The topological polar surface area (TPSA) is 53.4 Å². The van der Waals surface area contributed by atoms with Gasteiger partial charge in [-0.05, 0) is 6.07 Å². The number of fused-ring (bicyclic) bond motifs is 1. The SMILES string of the molecule is C=CCN(CC=C)c1c(C(=O)O)cnc2ccccc12. The predicted molar refractivity (Wildman–Crippen MR) is 81.3 cm³/mol. The molecule has 1 aromatic carbocycles. The highest BCUT2D eigenvalue weighted by Gasteiger charge is 2.18. The van der Waals surface area contributed by atoms with Crippen molar-refractivity contribution < 1.29 is 9.90 Å². The maximum atomic E-state index is 11.5. The number of para-hydroxylation sites is 1. The molecular weight excluding hydrogens is 252 g/mol. The van der Waals surface area contributed by atoms with E-state index in [-0.39, 0.29) is 5.56 Å². The number of nitrogens with zero attached hydrogens (tertiary/aromatic N) is 2. The first kappa shape index (κ1) is 13.8. The lowest BCUT2D eigenvalue weighted by Gasteiger charge is -2.24. The van der Waals surface area contributed by atoms with E-state index in [0.29, 0.717) is 18.8 Å². The van der Waals surface area contributed by atoms with Gasteiger partial charge in [0.25, 0.3) is 0 Å². The van der Waals surface area contributed by atoms with Gasteiger partial charge in [0.2, 0.25) is 0 Å². The zero-order chi connectivity index (χ0) is 14.5. The number of carboxylic acid groups (broad SMARTS) is 1. The summed E-state index contributed by atoms with van der Waals surface area (Å²) in [5.41, 5.74) is 1.61. The van der Waals surface area contributed by atoms with Crippen LogP contribution in [0.5, 0.6) is 0 Å². The maximum absolute atomic E-state index is 11.5. The lowest BCUT2D eigenvalue weighted by atomic mass is 10.1. The number of anilines is 1. The molecule has 0 atom stereocenters. The van der Waals surface area contributed by atoms with Crippen molar-refractivity contribution in [3.8, 4) is 0 Å². The highest BCUT2D eigenvalue weighted by Crippen LogP contribution is 2.29. The molecule has 4 nitrogen and oxygen atoms in total. The molecule has 0 amide bonds. The van der Waals surface area contributed by atoms with Crippen molar-refractivity contribution in [2.75, 3.05) is 18.0 Å². The first-order valence-corrected chi connectivity index (χ1v) is 6.26. The van der Waals surface area contributed by atoms with Crippen molar-refractivity contribution in [3.63, 3.8) is 0 Å². The molecule has 2 rings (SSSR count). The fourth-order valence-corrected chi connectivity index (χ4v) is 2.19. The Labute approximate surface area is 117 Å². The summed E-state index contributed by atoms with van der Waals surface area (Å²) in [6.07, 6.45) is 4.88. The number of rotatable bonds is 6. The largest absolute Gasteiger partial charge is 0.478 e. The Kier molecular flexibility index (Phi) is 4.15. The number of benzene rings is 1.